The van der Waals surface area contributed by atoms with Crippen LogP contribution in [0.2, 0.25) is 0 Å². The SMILES string of the molecule is CC(NCc1ccc(CO)cc1)c1ccn[nH]1. The number of hydrogen-bond donors (Lipinski definition) is 3. The van der Waals surface area contributed by atoms with Crippen LogP contribution in [-0.4, -0.2) is 15.3 Å². The Morgan fingerprint density at radius 3 is 2.53 bits per heavy atom. The molecule has 0 aliphatic carbocycles. The zero-order valence-corrected chi connectivity index (χ0v) is 9.85. The molecule has 1 aromatic carbocycles. The van der Waals surface area contributed by atoms with E-state index >= 15 is 0 Å². The smallest absolute Gasteiger partial charge is 0.0681 e. The van der Waals surface area contributed by atoms with Crippen molar-refractivity contribution in [2.75, 3.05) is 0 Å². The van der Waals surface area contributed by atoms with Crippen LogP contribution in [0.5, 0.6) is 0 Å². The number of aromatic amines is 1. The number of rotatable bonds is 5. The molecule has 0 amide bonds. The number of hydrogen-bond acceptors (Lipinski definition) is 3. The summed E-state index contributed by atoms with van der Waals surface area (Å²) in [5.74, 6) is 0. The highest BCUT2D eigenvalue weighted by atomic mass is 16.3. The lowest BCUT2D eigenvalue weighted by Crippen LogP contribution is -2.18. The van der Waals surface area contributed by atoms with Crippen LogP contribution in [0.3, 0.4) is 0 Å². The van der Waals surface area contributed by atoms with E-state index in [0.29, 0.717) is 0 Å². The maximum atomic E-state index is 8.94. The molecule has 2 aromatic rings. The predicted molar refractivity (Wildman–Crippen MR) is 66.2 cm³/mol. The van der Waals surface area contributed by atoms with E-state index in [4.69, 9.17) is 5.11 Å². The van der Waals surface area contributed by atoms with Crippen molar-refractivity contribution >= 4 is 0 Å². The van der Waals surface area contributed by atoms with Gasteiger partial charge in [0.1, 0.15) is 0 Å². The predicted octanol–water partition coefficient (Wildman–Crippen LogP) is 1.75. The van der Waals surface area contributed by atoms with E-state index in [2.05, 4.69) is 22.4 Å². The number of aliphatic hydroxyl groups excluding tert-OH is 1. The van der Waals surface area contributed by atoms with Crippen molar-refractivity contribution in [2.45, 2.75) is 26.1 Å². The molecule has 4 heteroatoms. The van der Waals surface area contributed by atoms with Gasteiger partial charge < -0.3 is 10.4 Å². The number of H-pyrrole nitrogens is 1. The molecule has 0 radical (unpaired) electrons. The van der Waals surface area contributed by atoms with Crippen LogP contribution in [0.1, 0.15) is 29.8 Å². The van der Waals surface area contributed by atoms with Crippen molar-refractivity contribution in [3.05, 3.63) is 53.3 Å². The van der Waals surface area contributed by atoms with E-state index in [1.807, 2.05) is 30.3 Å². The number of aromatic nitrogens is 2. The molecule has 3 N–H and O–H groups in total. The summed E-state index contributed by atoms with van der Waals surface area (Å²) < 4.78 is 0. The average molecular weight is 231 g/mol. The first kappa shape index (κ1) is 11.8. The summed E-state index contributed by atoms with van der Waals surface area (Å²) in [4.78, 5) is 0. The third-order valence-electron chi connectivity index (χ3n) is 2.81. The Morgan fingerprint density at radius 1 is 1.24 bits per heavy atom. The fourth-order valence-electron chi connectivity index (χ4n) is 1.65. The quantitative estimate of drug-likeness (QED) is 0.734. The third kappa shape index (κ3) is 3.15. The first-order chi connectivity index (χ1) is 8.29. The van der Waals surface area contributed by atoms with Gasteiger partial charge in [0, 0.05) is 18.8 Å². The van der Waals surface area contributed by atoms with E-state index < -0.39 is 0 Å². The highest BCUT2D eigenvalue weighted by molar-refractivity contribution is 5.22. The van der Waals surface area contributed by atoms with Crippen LogP contribution in [-0.2, 0) is 13.2 Å². The summed E-state index contributed by atoms with van der Waals surface area (Å²) in [5, 5.41) is 19.2. The zero-order valence-electron chi connectivity index (χ0n) is 9.85. The van der Waals surface area contributed by atoms with Gasteiger partial charge in [0.05, 0.1) is 12.3 Å². The normalized spacial score (nSPS) is 12.6. The van der Waals surface area contributed by atoms with E-state index in [1.165, 1.54) is 5.56 Å². The molecule has 0 fully saturated rings. The van der Waals surface area contributed by atoms with Crippen molar-refractivity contribution < 1.29 is 5.11 Å². The standard InChI is InChI=1S/C13H17N3O/c1-10(13-6-7-15-16-13)14-8-11-2-4-12(9-17)5-3-11/h2-7,10,14,17H,8-9H2,1H3,(H,15,16). The van der Waals surface area contributed by atoms with Gasteiger partial charge in [0.15, 0.2) is 0 Å². The van der Waals surface area contributed by atoms with Crippen LogP contribution in [0.25, 0.3) is 0 Å². The van der Waals surface area contributed by atoms with Gasteiger partial charge in [-0.05, 0) is 24.1 Å². The molecule has 0 bridgehead atoms. The van der Waals surface area contributed by atoms with Crippen LogP contribution in [0, 0.1) is 0 Å². The summed E-state index contributed by atoms with van der Waals surface area (Å²) in [6.07, 6.45) is 1.75. The van der Waals surface area contributed by atoms with E-state index in [1.54, 1.807) is 6.20 Å². The van der Waals surface area contributed by atoms with Gasteiger partial charge in [0.25, 0.3) is 0 Å². The molecule has 1 aromatic heterocycles. The third-order valence-corrected chi connectivity index (χ3v) is 2.81. The minimum atomic E-state index is 0.0955. The molecule has 0 saturated carbocycles. The molecule has 1 unspecified atom stereocenters. The molecule has 0 aliphatic heterocycles. The van der Waals surface area contributed by atoms with Gasteiger partial charge in [0.2, 0.25) is 0 Å². The monoisotopic (exact) mass is 231 g/mol. The molecule has 1 heterocycles. The van der Waals surface area contributed by atoms with Crippen molar-refractivity contribution in [2.24, 2.45) is 0 Å². The lowest BCUT2D eigenvalue weighted by atomic mass is 10.1. The molecule has 0 saturated heterocycles. The lowest BCUT2D eigenvalue weighted by Gasteiger charge is -2.12. The van der Waals surface area contributed by atoms with Crippen molar-refractivity contribution in [3.8, 4) is 0 Å². The van der Waals surface area contributed by atoms with Gasteiger partial charge in [-0.15, -0.1) is 0 Å². The van der Waals surface area contributed by atoms with Crippen molar-refractivity contribution in [1.82, 2.24) is 15.5 Å². The Morgan fingerprint density at radius 2 is 1.94 bits per heavy atom. The van der Waals surface area contributed by atoms with Gasteiger partial charge in [-0.2, -0.15) is 5.10 Å². The Kier molecular flexibility index (Phi) is 3.90. The highest BCUT2D eigenvalue weighted by Gasteiger charge is 2.05. The van der Waals surface area contributed by atoms with Crippen molar-refractivity contribution in [1.29, 1.82) is 0 Å². The second-order valence-electron chi connectivity index (χ2n) is 4.09. The number of aliphatic hydroxyl groups is 1. The number of nitrogens with zero attached hydrogens (tertiary/aromatic N) is 1. The first-order valence-electron chi connectivity index (χ1n) is 5.71. The Hall–Kier alpha value is -1.65. The summed E-state index contributed by atoms with van der Waals surface area (Å²) in [6.45, 7) is 2.99. The van der Waals surface area contributed by atoms with Crippen LogP contribution >= 0.6 is 0 Å². The van der Waals surface area contributed by atoms with Crippen LogP contribution in [0.4, 0.5) is 0 Å². The first-order valence-corrected chi connectivity index (χ1v) is 5.71. The van der Waals surface area contributed by atoms with Gasteiger partial charge in [-0.3, -0.25) is 5.10 Å². The Labute approximate surface area is 101 Å². The van der Waals surface area contributed by atoms with Crippen LogP contribution < -0.4 is 5.32 Å². The molecule has 17 heavy (non-hydrogen) atoms. The maximum absolute atomic E-state index is 8.94. The fraction of sp³-hybridized carbons (Fsp3) is 0.308. The fourth-order valence-corrected chi connectivity index (χ4v) is 1.65. The molecule has 0 spiro atoms. The molecular formula is C13H17N3O. The van der Waals surface area contributed by atoms with Gasteiger partial charge >= 0.3 is 0 Å². The Balaban J connectivity index is 1.89. The minimum Gasteiger partial charge on any atom is -0.392 e. The molecule has 2 rings (SSSR count). The molecule has 90 valence electrons. The number of benzene rings is 1. The second kappa shape index (κ2) is 5.61. The van der Waals surface area contributed by atoms with Crippen LogP contribution in [0.15, 0.2) is 36.5 Å². The second-order valence-corrected chi connectivity index (χ2v) is 4.09. The Bertz CT molecular complexity index is 436. The molecular weight excluding hydrogens is 214 g/mol. The van der Waals surface area contributed by atoms with E-state index in [9.17, 15) is 0 Å². The summed E-state index contributed by atoms with van der Waals surface area (Å²) in [6, 6.07) is 10.1. The van der Waals surface area contributed by atoms with Gasteiger partial charge in [-0.1, -0.05) is 24.3 Å². The summed E-state index contributed by atoms with van der Waals surface area (Å²) in [5.41, 5.74) is 3.22. The van der Waals surface area contributed by atoms with E-state index in [0.717, 1.165) is 17.8 Å². The zero-order chi connectivity index (χ0) is 12.1. The highest BCUT2D eigenvalue weighted by Crippen LogP contribution is 2.10. The van der Waals surface area contributed by atoms with Gasteiger partial charge in [-0.25, -0.2) is 0 Å². The van der Waals surface area contributed by atoms with E-state index in [-0.39, 0.29) is 12.6 Å². The average Bonchev–Trinajstić information content (AvgIpc) is 2.90. The number of nitrogens with one attached hydrogen (secondary N) is 2. The summed E-state index contributed by atoms with van der Waals surface area (Å²) >= 11 is 0. The largest absolute Gasteiger partial charge is 0.392 e. The summed E-state index contributed by atoms with van der Waals surface area (Å²) in [7, 11) is 0. The minimum absolute atomic E-state index is 0.0955. The molecule has 4 nitrogen and oxygen atoms in total. The molecule has 1 atom stereocenters. The molecule has 0 aliphatic rings. The maximum Gasteiger partial charge on any atom is 0.0681 e. The van der Waals surface area contributed by atoms with Crippen molar-refractivity contribution in [3.63, 3.8) is 0 Å². The lowest BCUT2D eigenvalue weighted by molar-refractivity contribution is 0.282. The topological polar surface area (TPSA) is 60.9 Å².